The van der Waals surface area contributed by atoms with Crippen molar-refractivity contribution in [3.05, 3.63) is 22.9 Å². The zero-order valence-corrected chi connectivity index (χ0v) is 11.9. The normalized spacial score (nSPS) is 14.9. The highest BCUT2D eigenvalue weighted by molar-refractivity contribution is 5.93. The van der Waals surface area contributed by atoms with Gasteiger partial charge >= 0.3 is 5.97 Å². The van der Waals surface area contributed by atoms with E-state index in [1.807, 2.05) is 0 Å². The quantitative estimate of drug-likeness (QED) is 0.711. The van der Waals surface area contributed by atoms with E-state index >= 15 is 0 Å². The van der Waals surface area contributed by atoms with E-state index < -0.39 is 5.97 Å². The number of pyridine rings is 1. The number of fused-ring (bicyclic) bond motifs is 1. The predicted octanol–water partition coefficient (Wildman–Crippen LogP) is 2.09. The molecule has 0 amide bonds. The molecule has 0 aliphatic heterocycles. The topological polar surface area (TPSA) is 82.5 Å². The van der Waals surface area contributed by atoms with Crippen molar-refractivity contribution in [2.45, 2.75) is 39.0 Å². The highest BCUT2D eigenvalue weighted by atomic mass is 16.4. The first-order valence-electron chi connectivity index (χ1n) is 7.26. The molecule has 1 heterocycles. The van der Waals surface area contributed by atoms with Gasteiger partial charge in [-0.25, -0.2) is 9.78 Å². The second kappa shape index (κ2) is 6.70. The fourth-order valence-corrected chi connectivity index (χ4v) is 2.64. The van der Waals surface area contributed by atoms with Gasteiger partial charge in [-0.2, -0.15) is 0 Å². The molecule has 1 aromatic rings. The molecule has 1 aliphatic carbocycles. The molecule has 0 aromatic carbocycles. The first-order chi connectivity index (χ1) is 9.65. The third-order valence-electron chi connectivity index (χ3n) is 3.95. The monoisotopic (exact) mass is 278 g/mol. The van der Waals surface area contributed by atoms with Gasteiger partial charge in [0.25, 0.3) is 0 Å². The van der Waals surface area contributed by atoms with Crippen LogP contribution in [0.1, 0.15) is 47.8 Å². The van der Waals surface area contributed by atoms with Crippen LogP contribution in [0.5, 0.6) is 0 Å². The summed E-state index contributed by atoms with van der Waals surface area (Å²) in [6.07, 6.45) is 4.56. The number of carboxylic acids is 1. The van der Waals surface area contributed by atoms with Gasteiger partial charge in [-0.05, 0) is 43.2 Å². The minimum absolute atomic E-state index is 0.156. The first-order valence-corrected chi connectivity index (χ1v) is 7.26. The van der Waals surface area contributed by atoms with E-state index in [1.54, 1.807) is 6.07 Å². The molecule has 1 unspecified atom stereocenters. The Kier molecular flexibility index (Phi) is 4.95. The molecule has 3 N–H and O–H groups in total. The summed E-state index contributed by atoms with van der Waals surface area (Å²) in [6.45, 7) is 2.86. The Balaban J connectivity index is 2.15. The zero-order chi connectivity index (χ0) is 14.5. The molecule has 110 valence electrons. The van der Waals surface area contributed by atoms with Crippen LogP contribution >= 0.6 is 0 Å². The molecular weight excluding hydrogens is 256 g/mol. The fourth-order valence-electron chi connectivity index (χ4n) is 2.64. The molecule has 0 radical (unpaired) electrons. The standard InChI is InChI=1S/C15H22N2O3/c1-2-10(6-7-18)9-16-14-12(15(19)20)8-11-4-3-5-13(11)17-14/h8,10,18H,2-7,9H2,1H3,(H,16,17)(H,19,20). The maximum Gasteiger partial charge on any atom is 0.339 e. The van der Waals surface area contributed by atoms with Crippen molar-refractivity contribution in [3.8, 4) is 0 Å². The lowest BCUT2D eigenvalue weighted by atomic mass is 10.0. The number of aliphatic hydroxyl groups excluding tert-OH is 1. The molecule has 0 spiro atoms. The van der Waals surface area contributed by atoms with E-state index in [0.717, 1.165) is 43.4 Å². The maximum atomic E-state index is 11.3. The summed E-state index contributed by atoms with van der Waals surface area (Å²) in [6, 6.07) is 1.76. The van der Waals surface area contributed by atoms with E-state index in [1.165, 1.54) is 0 Å². The van der Waals surface area contributed by atoms with Gasteiger partial charge in [0.2, 0.25) is 0 Å². The van der Waals surface area contributed by atoms with Gasteiger partial charge in [-0.15, -0.1) is 0 Å². The van der Waals surface area contributed by atoms with Crippen molar-refractivity contribution in [2.24, 2.45) is 5.92 Å². The van der Waals surface area contributed by atoms with Crippen LogP contribution in [-0.4, -0.2) is 34.3 Å². The molecule has 0 saturated carbocycles. The number of nitrogens with one attached hydrogen (secondary N) is 1. The average molecular weight is 278 g/mol. The highest BCUT2D eigenvalue weighted by Crippen LogP contribution is 2.25. The summed E-state index contributed by atoms with van der Waals surface area (Å²) < 4.78 is 0. The third kappa shape index (κ3) is 3.28. The Labute approximate surface area is 119 Å². The number of carbonyl (C=O) groups is 1. The molecule has 5 nitrogen and oxygen atoms in total. The number of rotatable bonds is 7. The third-order valence-corrected chi connectivity index (χ3v) is 3.95. The lowest BCUT2D eigenvalue weighted by Gasteiger charge is -2.16. The van der Waals surface area contributed by atoms with Crippen LogP contribution in [0, 0.1) is 5.92 Å². The largest absolute Gasteiger partial charge is 0.478 e. The Morgan fingerprint density at radius 3 is 2.95 bits per heavy atom. The molecule has 1 aromatic heterocycles. The molecule has 20 heavy (non-hydrogen) atoms. The Bertz CT molecular complexity index is 488. The number of aryl methyl sites for hydroxylation is 2. The van der Waals surface area contributed by atoms with Crippen LogP contribution in [0.15, 0.2) is 6.07 Å². The van der Waals surface area contributed by atoms with Crippen molar-refractivity contribution >= 4 is 11.8 Å². The van der Waals surface area contributed by atoms with Crippen molar-refractivity contribution in [2.75, 3.05) is 18.5 Å². The second-order valence-electron chi connectivity index (χ2n) is 5.32. The Morgan fingerprint density at radius 2 is 2.30 bits per heavy atom. The van der Waals surface area contributed by atoms with Crippen molar-refractivity contribution in [1.29, 1.82) is 0 Å². The Hall–Kier alpha value is -1.62. The van der Waals surface area contributed by atoms with Gasteiger partial charge in [0.05, 0.1) is 0 Å². The van der Waals surface area contributed by atoms with Gasteiger partial charge in [-0.3, -0.25) is 0 Å². The molecule has 0 saturated heterocycles. The minimum atomic E-state index is -0.940. The number of aromatic carboxylic acids is 1. The number of aromatic nitrogens is 1. The van der Waals surface area contributed by atoms with Gasteiger partial charge in [0.1, 0.15) is 11.4 Å². The summed E-state index contributed by atoms with van der Waals surface area (Å²) in [7, 11) is 0. The van der Waals surface area contributed by atoms with Crippen LogP contribution in [0.4, 0.5) is 5.82 Å². The SMILES string of the molecule is CCC(CCO)CNc1nc2c(cc1C(=O)O)CCC2. The van der Waals surface area contributed by atoms with Crippen LogP contribution in [0.25, 0.3) is 0 Å². The van der Waals surface area contributed by atoms with Gasteiger partial charge in [-0.1, -0.05) is 13.3 Å². The summed E-state index contributed by atoms with van der Waals surface area (Å²) in [5.74, 6) is -0.142. The van der Waals surface area contributed by atoms with E-state index in [2.05, 4.69) is 17.2 Å². The minimum Gasteiger partial charge on any atom is -0.478 e. The highest BCUT2D eigenvalue weighted by Gasteiger charge is 2.20. The fraction of sp³-hybridized carbons (Fsp3) is 0.600. The van der Waals surface area contributed by atoms with E-state index in [9.17, 15) is 9.90 Å². The predicted molar refractivity (Wildman–Crippen MR) is 77.2 cm³/mol. The number of hydrogen-bond acceptors (Lipinski definition) is 4. The van der Waals surface area contributed by atoms with Crippen LogP contribution in [0.2, 0.25) is 0 Å². The number of carboxylic acid groups (broad SMARTS) is 1. The number of nitrogens with zero attached hydrogens (tertiary/aromatic N) is 1. The van der Waals surface area contributed by atoms with Crippen molar-refractivity contribution < 1.29 is 15.0 Å². The maximum absolute atomic E-state index is 11.3. The van der Waals surface area contributed by atoms with Crippen molar-refractivity contribution in [3.63, 3.8) is 0 Å². The van der Waals surface area contributed by atoms with Gasteiger partial charge in [0, 0.05) is 18.8 Å². The number of anilines is 1. The lowest BCUT2D eigenvalue weighted by molar-refractivity contribution is 0.0697. The molecule has 1 aliphatic rings. The summed E-state index contributed by atoms with van der Waals surface area (Å²) in [5, 5.41) is 21.5. The van der Waals surface area contributed by atoms with E-state index in [4.69, 9.17) is 5.11 Å². The Morgan fingerprint density at radius 1 is 1.50 bits per heavy atom. The van der Waals surface area contributed by atoms with Gasteiger partial charge < -0.3 is 15.5 Å². The first kappa shape index (κ1) is 14.8. The lowest BCUT2D eigenvalue weighted by Crippen LogP contribution is -2.18. The smallest absolute Gasteiger partial charge is 0.339 e. The summed E-state index contributed by atoms with van der Waals surface area (Å²) in [5.41, 5.74) is 2.34. The molecule has 1 atom stereocenters. The number of aliphatic hydroxyl groups is 1. The average Bonchev–Trinajstić information content (AvgIpc) is 2.89. The summed E-state index contributed by atoms with van der Waals surface area (Å²) >= 11 is 0. The molecule has 5 heteroatoms. The molecule has 0 fully saturated rings. The summed E-state index contributed by atoms with van der Waals surface area (Å²) in [4.78, 5) is 15.8. The van der Waals surface area contributed by atoms with Crippen LogP contribution in [0.3, 0.4) is 0 Å². The van der Waals surface area contributed by atoms with Crippen LogP contribution < -0.4 is 5.32 Å². The van der Waals surface area contributed by atoms with Gasteiger partial charge in [0.15, 0.2) is 0 Å². The molecule has 2 rings (SSSR count). The van der Waals surface area contributed by atoms with Crippen molar-refractivity contribution in [1.82, 2.24) is 4.98 Å². The zero-order valence-electron chi connectivity index (χ0n) is 11.9. The molecular formula is C15H22N2O3. The molecule has 0 bridgehead atoms. The number of hydrogen-bond donors (Lipinski definition) is 3. The van der Waals surface area contributed by atoms with E-state index in [0.29, 0.717) is 18.3 Å². The second-order valence-corrected chi connectivity index (χ2v) is 5.32. The van der Waals surface area contributed by atoms with Crippen LogP contribution in [-0.2, 0) is 12.8 Å². The van der Waals surface area contributed by atoms with E-state index in [-0.39, 0.29) is 12.2 Å².